The van der Waals surface area contributed by atoms with Crippen molar-refractivity contribution >= 4 is 21.6 Å². The second kappa shape index (κ2) is 6.99. The molecule has 2 N–H and O–H groups in total. The molecule has 1 fully saturated rings. The number of nitrogens with zero attached hydrogens (tertiary/aromatic N) is 1. The maximum absolute atomic E-state index is 12.7. The molecule has 2 aromatic rings. The Balaban J connectivity index is 1.71. The number of quaternary nitrogens is 1. The quantitative estimate of drug-likeness (QED) is 0.821. The SMILES string of the molecule is Cc1occc1C(=O)Nc1ccc(S(=O)(=O)N2CC[NH+](C)CC2)cc1. The van der Waals surface area contributed by atoms with Crippen LogP contribution in [0.1, 0.15) is 16.1 Å². The number of carbonyl (C=O) groups excluding carboxylic acids is 1. The van der Waals surface area contributed by atoms with E-state index in [1.165, 1.54) is 27.6 Å². The minimum Gasteiger partial charge on any atom is -0.469 e. The lowest BCUT2D eigenvalue weighted by Gasteiger charge is -2.29. The van der Waals surface area contributed by atoms with Crippen LogP contribution in [0, 0.1) is 6.92 Å². The largest absolute Gasteiger partial charge is 0.469 e. The summed E-state index contributed by atoms with van der Waals surface area (Å²) in [5.41, 5.74) is 0.990. The van der Waals surface area contributed by atoms with Gasteiger partial charge in [0, 0.05) is 5.69 Å². The van der Waals surface area contributed by atoms with Crippen LogP contribution in [0.2, 0.25) is 0 Å². The molecule has 2 heterocycles. The first kappa shape index (κ1) is 17.7. The molecule has 8 heteroatoms. The summed E-state index contributed by atoms with van der Waals surface area (Å²) in [5, 5.41) is 2.74. The Labute approximate surface area is 147 Å². The average Bonchev–Trinajstić information content (AvgIpc) is 3.02. The van der Waals surface area contributed by atoms with Gasteiger partial charge in [-0.2, -0.15) is 4.31 Å². The molecule has 1 aromatic heterocycles. The number of aryl methyl sites for hydroxylation is 1. The number of nitrogens with one attached hydrogen (secondary N) is 2. The highest BCUT2D eigenvalue weighted by atomic mass is 32.2. The molecule has 1 aliphatic heterocycles. The fourth-order valence-corrected chi connectivity index (χ4v) is 4.23. The molecule has 0 saturated carbocycles. The number of benzene rings is 1. The van der Waals surface area contributed by atoms with Crippen LogP contribution < -0.4 is 10.2 Å². The van der Waals surface area contributed by atoms with Crippen LogP contribution in [0.25, 0.3) is 0 Å². The summed E-state index contributed by atoms with van der Waals surface area (Å²) < 4.78 is 32.0. The number of carbonyl (C=O) groups is 1. The molecule has 0 unspecified atom stereocenters. The fourth-order valence-electron chi connectivity index (χ4n) is 2.79. The van der Waals surface area contributed by atoms with Crippen molar-refractivity contribution in [2.24, 2.45) is 0 Å². The Kier molecular flexibility index (Phi) is 4.94. The van der Waals surface area contributed by atoms with Gasteiger partial charge < -0.3 is 14.6 Å². The van der Waals surface area contributed by atoms with E-state index in [4.69, 9.17) is 4.42 Å². The van der Waals surface area contributed by atoms with E-state index in [9.17, 15) is 13.2 Å². The van der Waals surface area contributed by atoms with Crippen LogP contribution in [0.3, 0.4) is 0 Å². The van der Waals surface area contributed by atoms with Gasteiger partial charge in [-0.05, 0) is 37.3 Å². The van der Waals surface area contributed by atoms with Gasteiger partial charge in [0.05, 0.1) is 49.9 Å². The van der Waals surface area contributed by atoms with E-state index >= 15 is 0 Å². The third kappa shape index (κ3) is 3.76. The summed E-state index contributed by atoms with van der Waals surface area (Å²) in [6.07, 6.45) is 1.46. The van der Waals surface area contributed by atoms with Gasteiger partial charge in [-0.1, -0.05) is 0 Å². The molecule has 134 valence electrons. The van der Waals surface area contributed by atoms with Gasteiger partial charge in [-0.15, -0.1) is 0 Å². The fraction of sp³-hybridized carbons (Fsp3) is 0.353. The lowest BCUT2D eigenvalue weighted by molar-refractivity contribution is -0.883. The van der Waals surface area contributed by atoms with Crippen LogP contribution >= 0.6 is 0 Å². The third-order valence-electron chi connectivity index (χ3n) is 4.43. The number of sulfonamides is 1. The van der Waals surface area contributed by atoms with E-state index in [1.807, 2.05) is 0 Å². The molecule has 1 saturated heterocycles. The summed E-state index contributed by atoms with van der Waals surface area (Å²) in [4.78, 5) is 13.7. The molecular weight excluding hydrogens is 342 g/mol. The molecule has 1 aliphatic rings. The van der Waals surface area contributed by atoms with Crippen LogP contribution in [0.15, 0.2) is 45.9 Å². The van der Waals surface area contributed by atoms with Crippen molar-refractivity contribution in [3.8, 4) is 0 Å². The Morgan fingerprint density at radius 1 is 1.16 bits per heavy atom. The van der Waals surface area contributed by atoms with E-state index in [0.29, 0.717) is 30.1 Å². The molecule has 0 bridgehead atoms. The van der Waals surface area contributed by atoms with Gasteiger partial charge >= 0.3 is 0 Å². The summed E-state index contributed by atoms with van der Waals surface area (Å²) in [6, 6.07) is 7.85. The highest BCUT2D eigenvalue weighted by Crippen LogP contribution is 2.19. The van der Waals surface area contributed by atoms with Crippen LogP contribution in [-0.2, 0) is 10.0 Å². The molecule has 3 rings (SSSR count). The van der Waals surface area contributed by atoms with Crippen molar-refractivity contribution in [1.82, 2.24) is 4.31 Å². The van der Waals surface area contributed by atoms with Gasteiger partial charge in [-0.3, -0.25) is 4.79 Å². The van der Waals surface area contributed by atoms with Crippen molar-refractivity contribution in [2.45, 2.75) is 11.8 Å². The lowest BCUT2D eigenvalue weighted by atomic mass is 10.2. The average molecular weight is 364 g/mol. The van der Waals surface area contributed by atoms with Crippen molar-refractivity contribution in [2.75, 3.05) is 38.5 Å². The number of anilines is 1. The predicted octanol–water partition coefficient (Wildman–Crippen LogP) is 0.359. The Morgan fingerprint density at radius 2 is 1.80 bits per heavy atom. The number of hydrogen-bond acceptors (Lipinski definition) is 4. The molecule has 0 spiro atoms. The van der Waals surface area contributed by atoms with E-state index in [1.54, 1.807) is 25.1 Å². The highest BCUT2D eigenvalue weighted by Gasteiger charge is 2.29. The predicted molar refractivity (Wildman–Crippen MR) is 93.2 cm³/mol. The molecule has 1 aromatic carbocycles. The number of rotatable bonds is 4. The van der Waals surface area contributed by atoms with E-state index < -0.39 is 10.0 Å². The zero-order chi connectivity index (χ0) is 18.0. The van der Waals surface area contributed by atoms with E-state index in [0.717, 1.165) is 13.1 Å². The molecule has 0 atom stereocenters. The molecular formula is C17H22N3O4S+. The summed E-state index contributed by atoms with van der Waals surface area (Å²) >= 11 is 0. The molecule has 0 aliphatic carbocycles. The Morgan fingerprint density at radius 3 is 2.36 bits per heavy atom. The second-order valence-electron chi connectivity index (χ2n) is 6.23. The first-order valence-corrected chi connectivity index (χ1v) is 9.59. The number of furan rings is 1. The standard InChI is InChI=1S/C17H21N3O4S/c1-13-16(7-12-24-13)17(21)18-14-3-5-15(6-4-14)25(22,23)20-10-8-19(2)9-11-20/h3-7,12H,8-11H2,1-2H3,(H,18,21)/p+1. The van der Waals surface area contributed by atoms with Crippen molar-refractivity contribution in [3.63, 3.8) is 0 Å². The topological polar surface area (TPSA) is 84.1 Å². The van der Waals surface area contributed by atoms with Crippen molar-refractivity contribution in [3.05, 3.63) is 47.9 Å². The lowest BCUT2D eigenvalue weighted by Crippen LogP contribution is -3.12. The van der Waals surface area contributed by atoms with Crippen LogP contribution in [0.5, 0.6) is 0 Å². The minimum absolute atomic E-state index is 0.240. The first-order valence-electron chi connectivity index (χ1n) is 8.15. The van der Waals surface area contributed by atoms with E-state index in [2.05, 4.69) is 12.4 Å². The molecule has 1 amide bonds. The van der Waals surface area contributed by atoms with Crippen molar-refractivity contribution in [1.29, 1.82) is 0 Å². The molecule has 7 nitrogen and oxygen atoms in total. The van der Waals surface area contributed by atoms with Gasteiger partial charge in [0.1, 0.15) is 5.76 Å². The summed E-state index contributed by atoms with van der Waals surface area (Å²) in [7, 11) is -1.43. The Bertz CT molecular complexity index is 850. The van der Waals surface area contributed by atoms with Gasteiger partial charge in [-0.25, -0.2) is 8.42 Å². The van der Waals surface area contributed by atoms with E-state index in [-0.39, 0.29) is 10.8 Å². The minimum atomic E-state index is -3.49. The number of hydrogen-bond donors (Lipinski definition) is 2. The maximum atomic E-state index is 12.7. The molecule has 25 heavy (non-hydrogen) atoms. The van der Waals surface area contributed by atoms with Crippen LogP contribution in [0.4, 0.5) is 5.69 Å². The number of likely N-dealkylation sites (N-methyl/N-ethyl adjacent to an activating group) is 1. The summed E-state index contributed by atoms with van der Waals surface area (Å²) in [6.45, 7) is 4.36. The number of piperazine rings is 1. The Hall–Kier alpha value is -2.16. The van der Waals surface area contributed by atoms with Gasteiger partial charge in [0.25, 0.3) is 5.91 Å². The zero-order valence-corrected chi connectivity index (χ0v) is 15.1. The smallest absolute Gasteiger partial charge is 0.259 e. The van der Waals surface area contributed by atoms with Crippen LogP contribution in [-0.4, -0.2) is 51.9 Å². The van der Waals surface area contributed by atoms with Gasteiger partial charge in [0.2, 0.25) is 10.0 Å². The zero-order valence-electron chi connectivity index (χ0n) is 14.3. The van der Waals surface area contributed by atoms with Crippen molar-refractivity contribution < 1.29 is 22.5 Å². The highest BCUT2D eigenvalue weighted by molar-refractivity contribution is 7.89. The third-order valence-corrected chi connectivity index (χ3v) is 6.34. The maximum Gasteiger partial charge on any atom is 0.259 e. The monoisotopic (exact) mass is 364 g/mol. The number of amides is 1. The second-order valence-corrected chi connectivity index (χ2v) is 8.17. The normalized spacial score (nSPS) is 16.7. The van der Waals surface area contributed by atoms with Gasteiger partial charge in [0.15, 0.2) is 0 Å². The summed E-state index contributed by atoms with van der Waals surface area (Å²) in [5.74, 6) is 0.248. The molecule has 0 radical (unpaired) electrons. The first-order chi connectivity index (χ1) is 11.9.